The van der Waals surface area contributed by atoms with Crippen molar-refractivity contribution in [2.75, 3.05) is 46.3 Å². The van der Waals surface area contributed by atoms with Crippen LogP contribution in [-0.4, -0.2) is 56.1 Å². The third-order valence-corrected chi connectivity index (χ3v) is 3.70. The molecular weight excluding hydrogens is 241 g/mol. The molecule has 1 N–H and O–H groups in total. The molecule has 1 aromatic carbocycles. The van der Waals surface area contributed by atoms with Crippen molar-refractivity contribution in [3.05, 3.63) is 35.1 Å². The summed E-state index contributed by atoms with van der Waals surface area (Å²) in [6.45, 7) is 9.16. The van der Waals surface area contributed by atoms with E-state index in [1.807, 2.05) is 12.1 Å². The first kappa shape index (κ1) is 14.4. The Balaban J connectivity index is 1.76. The molecule has 0 radical (unpaired) electrons. The number of nitrogens with one attached hydrogen (secondary N) is 1. The lowest BCUT2D eigenvalue weighted by Crippen LogP contribution is -2.45. The van der Waals surface area contributed by atoms with Crippen molar-refractivity contribution in [2.24, 2.45) is 0 Å². The molecule has 0 atom stereocenters. The van der Waals surface area contributed by atoms with Crippen molar-refractivity contribution in [1.29, 1.82) is 0 Å². The zero-order valence-corrected chi connectivity index (χ0v) is 12.0. The molecule has 1 fully saturated rings. The van der Waals surface area contributed by atoms with Gasteiger partial charge in [-0.2, -0.15) is 0 Å². The van der Waals surface area contributed by atoms with Crippen LogP contribution in [0.25, 0.3) is 0 Å². The molecule has 1 aliphatic heterocycles. The van der Waals surface area contributed by atoms with Crippen molar-refractivity contribution in [1.82, 2.24) is 15.1 Å². The molecule has 1 saturated heterocycles. The fourth-order valence-electron chi connectivity index (χ4n) is 2.37. The molecule has 0 spiro atoms. The maximum Gasteiger partial charge on any atom is 0.126 e. The third-order valence-electron chi connectivity index (χ3n) is 3.70. The number of rotatable bonds is 5. The summed E-state index contributed by atoms with van der Waals surface area (Å²) in [5.74, 6) is -0.104. The minimum atomic E-state index is -0.104. The van der Waals surface area contributed by atoms with E-state index in [0.717, 1.165) is 51.4 Å². The summed E-state index contributed by atoms with van der Waals surface area (Å²) < 4.78 is 13.5. The van der Waals surface area contributed by atoms with Gasteiger partial charge in [-0.25, -0.2) is 4.39 Å². The number of hydrogen-bond donors (Lipinski definition) is 1. The van der Waals surface area contributed by atoms with Crippen molar-refractivity contribution < 1.29 is 4.39 Å². The predicted molar refractivity (Wildman–Crippen MR) is 76.8 cm³/mol. The first-order valence-corrected chi connectivity index (χ1v) is 7.02. The van der Waals surface area contributed by atoms with Gasteiger partial charge in [0.25, 0.3) is 0 Å². The molecule has 0 bridgehead atoms. The summed E-state index contributed by atoms with van der Waals surface area (Å²) in [7, 11) is 2.10. The molecule has 3 nitrogen and oxygen atoms in total. The fraction of sp³-hybridized carbons (Fsp3) is 0.600. The highest BCUT2D eigenvalue weighted by atomic mass is 19.1. The average molecular weight is 265 g/mol. The van der Waals surface area contributed by atoms with E-state index in [9.17, 15) is 4.39 Å². The second kappa shape index (κ2) is 6.98. The monoisotopic (exact) mass is 265 g/mol. The molecule has 1 aromatic rings. The van der Waals surface area contributed by atoms with Crippen molar-refractivity contribution >= 4 is 0 Å². The van der Waals surface area contributed by atoms with Gasteiger partial charge in [-0.05, 0) is 31.2 Å². The van der Waals surface area contributed by atoms with Gasteiger partial charge in [0.05, 0.1) is 0 Å². The molecule has 0 aromatic heterocycles. The first-order chi connectivity index (χ1) is 9.15. The Labute approximate surface area is 115 Å². The predicted octanol–water partition coefficient (Wildman–Crippen LogP) is 1.47. The Bertz CT molecular complexity index is 402. The Morgan fingerprint density at radius 2 is 2.05 bits per heavy atom. The number of likely N-dealkylation sites (N-methyl/N-ethyl adjacent to an activating group) is 1. The van der Waals surface area contributed by atoms with Crippen LogP contribution in [0.2, 0.25) is 0 Å². The van der Waals surface area contributed by atoms with Crippen LogP contribution < -0.4 is 5.32 Å². The molecule has 0 saturated carbocycles. The van der Waals surface area contributed by atoms with Gasteiger partial charge >= 0.3 is 0 Å². The Morgan fingerprint density at radius 1 is 1.32 bits per heavy atom. The highest BCUT2D eigenvalue weighted by molar-refractivity contribution is 5.23. The zero-order valence-electron chi connectivity index (χ0n) is 12.0. The van der Waals surface area contributed by atoms with Crippen molar-refractivity contribution in [2.45, 2.75) is 13.5 Å². The Kier molecular flexibility index (Phi) is 5.31. The summed E-state index contributed by atoms with van der Waals surface area (Å²) in [4.78, 5) is 4.73. The van der Waals surface area contributed by atoms with E-state index in [1.54, 1.807) is 13.0 Å². The van der Waals surface area contributed by atoms with E-state index in [1.165, 1.54) is 0 Å². The first-order valence-electron chi connectivity index (χ1n) is 7.02. The average Bonchev–Trinajstić information content (AvgIpc) is 2.42. The number of hydrogen-bond acceptors (Lipinski definition) is 3. The number of aryl methyl sites for hydroxylation is 1. The smallest absolute Gasteiger partial charge is 0.126 e. The number of halogens is 1. The highest BCUT2D eigenvalue weighted by Crippen LogP contribution is 2.10. The van der Waals surface area contributed by atoms with Gasteiger partial charge in [0.2, 0.25) is 0 Å². The lowest BCUT2D eigenvalue weighted by molar-refractivity contribution is 0.202. The van der Waals surface area contributed by atoms with E-state index < -0.39 is 0 Å². The lowest BCUT2D eigenvalue weighted by Gasteiger charge is -2.29. The Morgan fingerprint density at radius 3 is 2.74 bits per heavy atom. The Hall–Kier alpha value is -0.970. The topological polar surface area (TPSA) is 18.5 Å². The maximum absolute atomic E-state index is 13.5. The molecule has 2 rings (SSSR count). The van der Waals surface area contributed by atoms with E-state index in [0.29, 0.717) is 5.56 Å². The second-order valence-corrected chi connectivity index (χ2v) is 5.41. The SMILES string of the molecule is Cc1ccc(CN(C)CCN2CCNCC2)cc1F. The van der Waals surface area contributed by atoms with Gasteiger partial charge in [0.15, 0.2) is 0 Å². The van der Waals surface area contributed by atoms with E-state index in [2.05, 4.69) is 22.2 Å². The highest BCUT2D eigenvalue weighted by Gasteiger charge is 2.10. The van der Waals surface area contributed by atoms with Crippen molar-refractivity contribution in [3.8, 4) is 0 Å². The van der Waals surface area contributed by atoms with Gasteiger partial charge in [-0.3, -0.25) is 4.90 Å². The standard InChI is InChI=1S/C15H24FN3/c1-13-3-4-14(11-15(13)16)12-18(2)9-10-19-7-5-17-6-8-19/h3-4,11,17H,5-10,12H2,1-2H3. The maximum atomic E-state index is 13.5. The quantitative estimate of drug-likeness (QED) is 0.870. The normalized spacial score (nSPS) is 17.1. The zero-order chi connectivity index (χ0) is 13.7. The number of benzene rings is 1. The van der Waals surface area contributed by atoms with Crippen LogP contribution in [0.3, 0.4) is 0 Å². The largest absolute Gasteiger partial charge is 0.314 e. The summed E-state index contributed by atoms with van der Waals surface area (Å²) in [6.07, 6.45) is 0. The lowest BCUT2D eigenvalue weighted by atomic mass is 10.1. The van der Waals surface area contributed by atoms with Crippen LogP contribution in [-0.2, 0) is 6.54 Å². The molecule has 106 valence electrons. The van der Waals surface area contributed by atoms with Gasteiger partial charge in [0.1, 0.15) is 5.82 Å². The van der Waals surface area contributed by atoms with E-state index in [-0.39, 0.29) is 5.82 Å². The molecule has 4 heteroatoms. The number of nitrogens with zero attached hydrogens (tertiary/aromatic N) is 2. The van der Waals surface area contributed by atoms with Gasteiger partial charge in [-0.15, -0.1) is 0 Å². The van der Waals surface area contributed by atoms with Gasteiger partial charge in [0, 0.05) is 45.8 Å². The molecule has 1 heterocycles. The molecule has 1 aliphatic rings. The van der Waals surface area contributed by atoms with Crippen LogP contribution in [0.4, 0.5) is 4.39 Å². The molecule has 0 amide bonds. The minimum Gasteiger partial charge on any atom is -0.314 e. The summed E-state index contributed by atoms with van der Waals surface area (Å²) in [5, 5.41) is 3.36. The van der Waals surface area contributed by atoms with Crippen LogP contribution in [0.5, 0.6) is 0 Å². The number of piperazine rings is 1. The second-order valence-electron chi connectivity index (χ2n) is 5.41. The van der Waals surface area contributed by atoms with E-state index in [4.69, 9.17) is 0 Å². The fourth-order valence-corrected chi connectivity index (χ4v) is 2.37. The van der Waals surface area contributed by atoms with Crippen LogP contribution in [0.1, 0.15) is 11.1 Å². The van der Waals surface area contributed by atoms with Crippen molar-refractivity contribution in [3.63, 3.8) is 0 Å². The molecular formula is C15H24FN3. The molecule has 0 unspecified atom stereocenters. The summed E-state index contributed by atoms with van der Waals surface area (Å²) >= 11 is 0. The molecule has 0 aliphatic carbocycles. The van der Waals surface area contributed by atoms with Crippen LogP contribution >= 0.6 is 0 Å². The van der Waals surface area contributed by atoms with Crippen LogP contribution in [0, 0.1) is 12.7 Å². The summed E-state index contributed by atoms with van der Waals surface area (Å²) in [6, 6.07) is 5.52. The minimum absolute atomic E-state index is 0.104. The third kappa shape index (κ3) is 4.56. The van der Waals surface area contributed by atoms with Crippen LogP contribution in [0.15, 0.2) is 18.2 Å². The van der Waals surface area contributed by atoms with Gasteiger partial charge < -0.3 is 10.2 Å². The van der Waals surface area contributed by atoms with Gasteiger partial charge in [-0.1, -0.05) is 12.1 Å². The molecule has 19 heavy (non-hydrogen) atoms. The summed E-state index contributed by atoms with van der Waals surface area (Å²) in [5.41, 5.74) is 1.76. The van der Waals surface area contributed by atoms with E-state index >= 15 is 0 Å².